The summed E-state index contributed by atoms with van der Waals surface area (Å²) >= 11 is 0. The normalized spacial score (nSPS) is 10.6. The lowest BCUT2D eigenvalue weighted by molar-refractivity contribution is 0.463. The number of phenols is 1. The lowest BCUT2D eigenvalue weighted by Crippen LogP contribution is -1.97. The topological polar surface area (TPSA) is 106 Å². The molecule has 0 atom stereocenters. The summed E-state index contributed by atoms with van der Waals surface area (Å²) in [5, 5.41) is 9.09. The lowest BCUT2D eigenvalue weighted by atomic mass is 10.2. The van der Waals surface area contributed by atoms with Gasteiger partial charge in [-0.15, -0.1) is 0 Å². The number of aryl methyl sites for hydroxylation is 1. The van der Waals surface area contributed by atoms with E-state index in [0.29, 0.717) is 5.56 Å². The van der Waals surface area contributed by atoms with Gasteiger partial charge in [0.25, 0.3) is 10.1 Å². The Morgan fingerprint density at radius 1 is 1.31 bits per heavy atom. The highest BCUT2D eigenvalue weighted by Crippen LogP contribution is 2.20. The van der Waals surface area contributed by atoms with E-state index in [0.717, 1.165) is 6.07 Å². The zero-order chi connectivity index (χ0) is 9.35. The van der Waals surface area contributed by atoms with Gasteiger partial charge in [0.05, 0.1) is 4.90 Å². The van der Waals surface area contributed by atoms with E-state index in [9.17, 15) is 8.42 Å². The largest absolute Gasteiger partial charge is 0.508 e. The summed E-state index contributed by atoms with van der Waals surface area (Å²) in [6, 6.07) is 3.65. The summed E-state index contributed by atoms with van der Waals surface area (Å²) in [5.74, 6) is -0.148. The summed E-state index contributed by atoms with van der Waals surface area (Å²) < 4.78 is 29.6. The highest BCUT2D eigenvalue weighted by atomic mass is 32.2. The molecule has 0 aliphatic carbocycles. The van der Waals surface area contributed by atoms with Gasteiger partial charge in [-0.25, -0.2) is 0 Å². The van der Waals surface area contributed by atoms with Crippen molar-refractivity contribution in [3.63, 3.8) is 0 Å². The number of aromatic hydroxyl groups is 1. The summed E-state index contributed by atoms with van der Waals surface area (Å²) in [7, 11) is -4.20. The van der Waals surface area contributed by atoms with Gasteiger partial charge in [0.15, 0.2) is 0 Å². The van der Waals surface area contributed by atoms with E-state index in [2.05, 4.69) is 0 Å². The van der Waals surface area contributed by atoms with Crippen molar-refractivity contribution < 1.29 is 23.6 Å². The summed E-state index contributed by atoms with van der Waals surface area (Å²) in [5.41, 5.74) is 0.558. The molecule has 0 radical (unpaired) electrons. The van der Waals surface area contributed by atoms with Gasteiger partial charge in [-0.3, -0.25) is 4.55 Å². The van der Waals surface area contributed by atoms with Gasteiger partial charge in [0, 0.05) is 6.07 Å². The minimum absolute atomic E-state index is 0. The fourth-order valence-corrected chi connectivity index (χ4v) is 1.25. The van der Waals surface area contributed by atoms with E-state index in [1.165, 1.54) is 12.1 Å². The molecule has 5 nitrogen and oxygen atoms in total. The fourth-order valence-electron chi connectivity index (χ4n) is 0.750. The number of hydrogen-bond donors (Lipinski definition) is 2. The van der Waals surface area contributed by atoms with Crippen LogP contribution in [0.2, 0.25) is 0 Å². The van der Waals surface area contributed by atoms with Crippen molar-refractivity contribution in [1.29, 1.82) is 0 Å². The fraction of sp³-hybridized carbons (Fsp3) is 0.143. The van der Waals surface area contributed by atoms with Gasteiger partial charge in [-0.2, -0.15) is 8.42 Å². The second kappa shape index (κ2) is 3.73. The quantitative estimate of drug-likeness (QED) is 0.636. The third-order valence-corrected chi connectivity index (χ3v) is 2.33. The van der Waals surface area contributed by atoms with Gasteiger partial charge in [0.2, 0.25) is 0 Å². The van der Waals surface area contributed by atoms with Crippen molar-refractivity contribution >= 4 is 10.1 Å². The first-order valence-corrected chi connectivity index (χ1v) is 4.62. The third kappa shape index (κ3) is 2.69. The van der Waals surface area contributed by atoms with Gasteiger partial charge in [-0.1, -0.05) is 6.07 Å². The van der Waals surface area contributed by atoms with E-state index < -0.39 is 10.1 Å². The molecule has 1 aromatic rings. The summed E-state index contributed by atoms with van der Waals surface area (Å²) in [4.78, 5) is -0.300. The van der Waals surface area contributed by atoms with Crippen LogP contribution in [0.25, 0.3) is 0 Å². The Kier molecular flexibility index (Phi) is 3.42. The Balaban J connectivity index is 0.00000144. The zero-order valence-electron chi connectivity index (χ0n) is 6.85. The maximum Gasteiger partial charge on any atom is 0.294 e. The second-order valence-corrected chi connectivity index (χ2v) is 3.84. The predicted octanol–water partition coefficient (Wildman–Crippen LogP) is 0.123. The maximum atomic E-state index is 10.5. The van der Waals surface area contributed by atoms with Crippen molar-refractivity contribution in [2.24, 2.45) is 0 Å². The maximum absolute atomic E-state index is 10.5. The van der Waals surface area contributed by atoms with Crippen LogP contribution < -0.4 is 0 Å². The van der Waals surface area contributed by atoms with Crippen LogP contribution >= 0.6 is 0 Å². The number of rotatable bonds is 1. The second-order valence-electron chi connectivity index (χ2n) is 2.42. The molecule has 0 fully saturated rings. The van der Waals surface area contributed by atoms with E-state index in [-0.39, 0.29) is 16.1 Å². The van der Waals surface area contributed by atoms with E-state index in [4.69, 9.17) is 9.66 Å². The Bertz CT molecular complexity index is 395. The molecule has 0 amide bonds. The van der Waals surface area contributed by atoms with Crippen LogP contribution in [0.15, 0.2) is 23.1 Å². The molecule has 1 aromatic carbocycles. The van der Waals surface area contributed by atoms with Gasteiger partial charge >= 0.3 is 0 Å². The van der Waals surface area contributed by atoms with Crippen LogP contribution in [0.1, 0.15) is 5.56 Å². The van der Waals surface area contributed by atoms with Crippen LogP contribution in [0.5, 0.6) is 5.75 Å². The number of phenolic OH excluding ortho intramolecular Hbond substituents is 1. The average Bonchev–Trinajstić information content (AvgIpc) is 1.92. The first kappa shape index (κ1) is 11.9. The Morgan fingerprint density at radius 2 is 1.85 bits per heavy atom. The van der Waals surface area contributed by atoms with Crippen LogP contribution in [-0.4, -0.2) is 23.6 Å². The van der Waals surface area contributed by atoms with Crippen LogP contribution in [0.3, 0.4) is 0 Å². The van der Waals surface area contributed by atoms with Crippen LogP contribution in [0.4, 0.5) is 0 Å². The van der Waals surface area contributed by atoms with Crippen LogP contribution in [0, 0.1) is 6.92 Å². The minimum Gasteiger partial charge on any atom is -0.508 e. The molecule has 0 aliphatic rings. The van der Waals surface area contributed by atoms with E-state index in [1.54, 1.807) is 6.92 Å². The van der Waals surface area contributed by atoms with E-state index in [1.807, 2.05) is 0 Å². The Morgan fingerprint density at radius 3 is 2.23 bits per heavy atom. The first-order chi connectivity index (χ1) is 5.41. The Hall–Kier alpha value is -1.11. The Labute approximate surface area is 75.7 Å². The molecule has 74 valence electrons. The summed E-state index contributed by atoms with van der Waals surface area (Å²) in [6.07, 6.45) is 0. The van der Waals surface area contributed by atoms with Crippen LogP contribution in [-0.2, 0) is 10.1 Å². The molecule has 0 spiro atoms. The van der Waals surface area contributed by atoms with Crippen molar-refractivity contribution in [2.45, 2.75) is 11.8 Å². The molecular weight excluding hydrogens is 196 g/mol. The highest BCUT2D eigenvalue weighted by Gasteiger charge is 2.10. The molecule has 1 rings (SSSR count). The molecule has 4 N–H and O–H groups in total. The predicted molar refractivity (Wildman–Crippen MR) is 46.3 cm³/mol. The SMILES string of the molecule is Cc1ccc(S(=O)(=O)O)cc1O.O. The summed E-state index contributed by atoms with van der Waals surface area (Å²) in [6.45, 7) is 1.63. The van der Waals surface area contributed by atoms with Crippen molar-refractivity contribution in [1.82, 2.24) is 0 Å². The molecule has 6 heteroatoms. The van der Waals surface area contributed by atoms with Crippen molar-refractivity contribution in [3.8, 4) is 5.75 Å². The van der Waals surface area contributed by atoms with E-state index >= 15 is 0 Å². The average molecular weight is 206 g/mol. The third-order valence-electron chi connectivity index (χ3n) is 1.48. The van der Waals surface area contributed by atoms with Gasteiger partial charge < -0.3 is 10.6 Å². The smallest absolute Gasteiger partial charge is 0.294 e. The molecule has 0 heterocycles. The molecule has 0 bridgehead atoms. The highest BCUT2D eigenvalue weighted by molar-refractivity contribution is 7.85. The van der Waals surface area contributed by atoms with Crippen molar-refractivity contribution in [2.75, 3.05) is 0 Å². The molecule has 0 aliphatic heterocycles. The molecule has 13 heavy (non-hydrogen) atoms. The number of benzene rings is 1. The standard InChI is InChI=1S/C7H8O4S.H2O/c1-5-2-3-6(4-7(5)8)12(9,10)11;/h2-4,8H,1H3,(H,9,10,11);1H2. The van der Waals surface area contributed by atoms with Gasteiger partial charge in [0.1, 0.15) is 5.75 Å². The molecule has 0 aromatic heterocycles. The lowest BCUT2D eigenvalue weighted by Gasteiger charge is -2.00. The molecule has 0 saturated carbocycles. The number of hydrogen-bond acceptors (Lipinski definition) is 3. The first-order valence-electron chi connectivity index (χ1n) is 3.18. The molecule has 0 unspecified atom stereocenters. The van der Waals surface area contributed by atoms with Gasteiger partial charge in [-0.05, 0) is 18.6 Å². The minimum atomic E-state index is -4.20. The zero-order valence-corrected chi connectivity index (χ0v) is 7.67. The van der Waals surface area contributed by atoms with Crippen molar-refractivity contribution in [3.05, 3.63) is 23.8 Å². The molecular formula is C7H10O5S. The molecule has 0 saturated heterocycles. The monoisotopic (exact) mass is 206 g/mol.